The SMILES string of the molecule is NC(=S)c1ccc(OCCOc2cccc(Br)c2)cc1F. The van der Waals surface area contributed by atoms with Crippen LogP contribution in [-0.2, 0) is 0 Å². The highest BCUT2D eigenvalue weighted by Gasteiger charge is 2.06. The lowest BCUT2D eigenvalue weighted by Gasteiger charge is -2.09. The van der Waals surface area contributed by atoms with Crippen LogP contribution in [0.4, 0.5) is 4.39 Å². The molecular weight excluding hydrogens is 357 g/mol. The molecule has 0 aliphatic heterocycles. The molecular formula is C15H13BrFNO2S. The topological polar surface area (TPSA) is 44.5 Å². The van der Waals surface area contributed by atoms with E-state index in [1.54, 1.807) is 6.07 Å². The second-order valence-corrected chi connectivity index (χ2v) is 5.52. The Morgan fingerprint density at radius 1 is 1.10 bits per heavy atom. The third-order valence-electron chi connectivity index (χ3n) is 2.62. The number of hydrogen-bond acceptors (Lipinski definition) is 3. The molecule has 2 aromatic carbocycles. The van der Waals surface area contributed by atoms with Gasteiger partial charge in [-0.1, -0.05) is 34.2 Å². The van der Waals surface area contributed by atoms with E-state index in [4.69, 9.17) is 27.4 Å². The Kier molecular flexibility index (Phi) is 5.52. The minimum atomic E-state index is -0.493. The lowest BCUT2D eigenvalue weighted by Crippen LogP contribution is -2.12. The molecule has 2 rings (SSSR count). The van der Waals surface area contributed by atoms with Crippen LogP contribution in [0.2, 0.25) is 0 Å². The largest absolute Gasteiger partial charge is 0.490 e. The van der Waals surface area contributed by atoms with Gasteiger partial charge in [-0.25, -0.2) is 4.39 Å². The molecule has 0 amide bonds. The Balaban J connectivity index is 1.84. The van der Waals surface area contributed by atoms with Crippen molar-refractivity contribution in [2.45, 2.75) is 0 Å². The lowest BCUT2D eigenvalue weighted by molar-refractivity contribution is 0.216. The molecule has 0 fully saturated rings. The Labute approximate surface area is 136 Å². The number of rotatable bonds is 6. The van der Waals surface area contributed by atoms with E-state index in [0.717, 1.165) is 10.2 Å². The molecule has 2 N–H and O–H groups in total. The first kappa shape index (κ1) is 15.7. The van der Waals surface area contributed by atoms with Crippen LogP contribution in [0.1, 0.15) is 5.56 Å². The molecule has 0 saturated carbocycles. The summed E-state index contributed by atoms with van der Waals surface area (Å²) < 4.78 is 25.5. The van der Waals surface area contributed by atoms with E-state index in [1.807, 2.05) is 24.3 Å². The van der Waals surface area contributed by atoms with Gasteiger partial charge in [0.15, 0.2) is 0 Å². The predicted molar refractivity (Wildman–Crippen MR) is 87.4 cm³/mol. The van der Waals surface area contributed by atoms with Crippen molar-refractivity contribution in [3.8, 4) is 11.5 Å². The molecule has 0 aliphatic carbocycles. The summed E-state index contributed by atoms with van der Waals surface area (Å²) in [5.41, 5.74) is 5.60. The van der Waals surface area contributed by atoms with Crippen molar-refractivity contribution in [3.05, 3.63) is 58.3 Å². The zero-order valence-electron chi connectivity index (χ0n) is 11.0. The molecule has 110 valence electrons. The van der Waals surface area contributed by atoms with Crippen LogP contribution in [0, 0.1) is 5.82 Å². The third kappa shape index (κ3) is 4.68. The second kappa shape index (κ2) is 7.38. The standard InChI is InChI=1S/C15H13BrFNO2S/c16-10-2-1-3-11(8-10)19-6-7-20-12-4-5-13(15(18)21)14(17)9-12/h1-5,8-9H,6-7H2,(H2,18,21). The molecule has 0 saturated heterocycles. The van der Waals surface area contributed by atoms with Gasteiger partial charge < -0.3 is 15.2 Å². The molecule has 0 bridgehead atoms. The van der Waals surface area contributed by atoms with E-state index < -0.39 is 5.82 Å². The molecule has 0 aromatic heterocycles. The van der Waals surface area contributed by atoms with E-state index >= 15 is 0 Å². The van der Waals surface area contributed by atoms with Gasteiger partial charge in [0, 0.05) is 16.1 Å². The second-order valence-electron chi connectivity index (χ2n) is 4.16. The molecule has 0 unspecified atom stereocenters. The van der Waals surface area contributed by atoms with Crippen LogP contribution in [0.5, 0.6) is 11.5 Å². The summed E-state index contributed by atoms with van der Waals surface area (Å²) in [5.74, 6) is 0.654. The average Bonchev–Trinajstić information content (AvgIpc) is 2.43. The van der Waals surface area contributed by atoms with Gasteiger partial charge in [-0.2, -0.15) is 0 Å². The monoisotopic (exact) mass is 369 g/mol. The number of nitrogens with two attached hydrogens (primary N) is 1. The molecule has 0 radical (unpaired) electrons. The van der Waals surface area contributed by atoms with E-state index in [1.165, 1.54) is 12.1 Å². The Hall–Kier alpha value is -1.66. The van der Waals surface area contributed by atoms with E-state index in [9.17, 15) is 4.39 Å². The normalized spacial score (nSPS) is 10.2. The first-order valence-corrected chi connectivity index (χ1v) is 7.37. The van der Waals surface area contributed by atoms with Gasteiger partial charge in [0.25, 0.3) is 0 Å². The molecule has 0 atom stereocenters. The van der Waals surface area contributed by atoms with Gasteiger partial charge in [-0.05, 0) is 30.3 Å². The summed E-state index contributed by atoms with van der Waals surface area (Å²) >= 11 is 8.10. The zero-order valence-corrected chi connectivity index (χ0v) is 13.4. The maximum Gasteiger partial charge on any atom is 0.137 e. The van der Waals surface area contributed by atoms with E-state index in [2.05, 4.69) is 15.9 Å². The highest BCUT2D eigenvalue weighted by atomic mass is 79.9. The van der Waals surface area contributed by atoms with E-state index in [0.29, 0.717) is 19.0 Å². The Morgan fingerprint density at radius 3 is 2.33 bits per heavy atom. The molecule has 2 aromatic rings. The van der Waals surface area contributed by atoms with Crippen LogP contribution in [0.3, 0.4) is 0 Å². The number of ether oxygens (including phenoxy) is 2. The van der Waals surface area contributed by atoms with E-state index in [-0.39, 0.29) is 10.6 Å². The van der Waals surface area contributed by atoms with Crippen molar-refractivity contribution in [1.82, 2.24) is 0 Å². The minimum absolute atomic E-state index is 0.0250. The fourth-order valence-electron chi connectivity index (χ4n) is 1.66. The van der Waals surface area contributed by atoms with Crippen LogP contribution >= 0.6 is 28.1 Å². The summed E-state index contributed by atoms with van der Waals surface area (Å²) in [7, 11) is 0. The minimum Gasteiger partial charge on any atom is -0.490 e. The number of thiocarbonyl (C=S) groups is 1. The molecule has 0 heterocycles. The quantitative estimate of drug-likeness (QED) is 0.623. The van der Waals surface area contributed by atoms with Crippen molar-refractivity contribution < 1.29 is 13.9 Å². The third-order valence-corrected chi connectivity index (χ3v) is 3.34. The number of hydrogen-bond donors (Lipinski definition) is 1. The summed E-state index contributed by atoms with van der Waals surface area (Å²) in [5, 5.41) is 0. The zero-order chi connectivity index (χ0) is 15.2. The fourth-order valence-corrected chi connectivity index (χ4v) is 2.21. The van der Waals surface area contributed by atoms with Crippen LogP contribution in [0.15, 0.2) is 46.9 Å². The van der Waals surface area contributed by atoms with Gasteiger partial charge in [-0.3, -0.25) is 0 Å². The summed E-state index contributed by atoms with van der Waals surface area (Å²) in [6.45, 7) is 0.660. The fraction of sp³-hybridized carbons (Fsp3) is 0.133. The molecule has 3 nitrogen and oxygen atoms in total. The summed E-state index contributed by atoms with van der Waals surface area (Å²) in [4.78, 5) is 0.0250. The van der Waals surface area contributed by atoms with Gasteiger partial charge in [-0.15, -0.1) is 0 Å². The van der Waals surface area contributed by atoms with Crippen molar-refractivity contribution >= 4 is 33.1 Å². The maximum absolute atomic E-state index is 13.6. The first-order chi connectivity index (χ1) is 10.1. The van der Waals surface area contributed by atoms with Crippen molar-refractivity contribution in [2.24, 2.45) is 5.73 Å². The molecule has 0 aliphatic rings. The van der Waals surface area contributed by atoms with Crippen LogP contribution in [0.25, 0.3) is 0 Å². The molecule has 21 heavy (non-hydrogen) atoms. The van der Waals surface area contributed by atoms with Gasteiger partial charge >= 0.3 is 0 Å². The highest BCUT2D eigenvalue weighted by Crippen LogP contribution is 2.18. The Morgan fingerprint density at radius 2 is 1.76 bits per heavy atom. The van der Waals surface area contributed by atoms with Gasteiger partial charge in [0.2, 0.25) is 0 Å². The average molecular weight is 370 g/mol. The smallest absolute Gasteiger partial charge is 0.137 e. The van der Waals surface area contributed by atoms with Gasteiger partial charge in [0.05, 0.1) is 0 Å². The summed E-state index contributed by atoms with van der Waals surface area (Å²) in [6.07, 6.45) is 0. The van der Waals surface area contributed by atoms with Crippen molar-refractivity contribution in [1.29, 1.82) is 0 Å². The molecule has 6 heteroatoms. The number of benzene rings is 2. The van der Waals surface area contributed by atoms with Crippen molar-refractivity contribution in [3.63, 3.8) is 0 Å². The van der Waals surface area contributed by atoms with Crippen molar-refractivity contribution in [2.75, 3.05) is 13.2 Å². The predicted octanol–water partition coefficient (Wildman–Crippen LogP) is 3.68. The summed E-state index contributed by atoms with van der Waals surface area (Å²) in [6, 6.07) is 11.9. The van der Waals surface area contributed by atoms with Crippen LogP contribution in [-0.4, -0.2) is 18.2 Å². The maximum atomic E-state index is 13.6. The Bertz CT molecular complexity index is 651. The number of halogens is 2. The highest BCUT2D eigenvalue weighted by molar-refractivity contribution is 9.10. The van der Waals surface area contributed by atoms with Crippen LogP contribution < -0.4 is 15.2 Å². The molecule has 0 spiro atoms. The first-order valence-electron chi connectivity index (χ1n) is 6.17. The lowest BCUT2D eigenvalue weighted by atomic mass is 10.2. The van der Waals surface area contributed by atoms with Gasteiger partial charge in [0.1, 0.15) is 35.5 Å².